The minimum atomic E-state index is -1.78. The maximum absolute atomic E-state index is 13.4. The van der Waals surface area contributed by atoms with Gasteiger partial charge >= 0.3 is 7.12 Å². The van der Waals surface area contributed by atoms with Gasteiger partial charge in [-0.15, -0.1) is 0 Å². The van der Waals surface area contributed by atoms with Crippen LogP contribution in [0.2, 0.25) is 0 Å². The summed E-state index contributed by atoms with van der Waals surface area (Å²) in [5, 5.41) is 18.3. The van der Waals surface area contributed by atoms with E-state index < -0.39 is 12.9 Å². The Bertz CT molecular complexity index is 590. The van der Waals surface area contributed by atoms with Crippen LogP contribution in [0.4, 0.5) is 8.78 Å². The summed E-state index contributed by atoms with van der Waals surface area (Å²) >= 11 is 0. The molecule has 0 aliphatic heterocycles. The molecular weight excluding hydrogens is 265 g/mol. The summed E-state index contributed by atoms with van der Waals surface area (Å²) in [5.74, 6) is -0.931. The van der Waals surface area contributed by atoms with Crippen molar-refractivity contribution < 1.29 is 23.6 Å². The molecule has 2 aromatic carbocycles. The van der Waals surface area contributed by atoms with Crippen LogP contribution in [0.5, 0.6) is 0 Å². The first-order valence-corrected chi connectivity index (χ1v) is 6.03. The molecule has 0 unspecified atom stereocenters. The van der Waals surface area contributed by atoms with Crippen molar-refractivity contribution in [1.29, 1.82) is 0 Å². The van der Waals surface area contributed by atoms with Gasteiger partial charge in [-0.25, -0.2) is 8.78 Å². The number of rotatable bonds is 5. The van der Waals surface area contributed by atoms with E-state index in [0.717, 1.165) is 6.07 Å². The molecule has 0 aliphatic rings. The Labute approximate surface area is 115 Å². The lowest BCUT2D eigenvalue weighted by molar-refractivity contribution is 0.105. The average molecular weight is 278 g/mol. The van der Waals surface area contributed by atoms with Gasteiger partial charge in [-0.05, 0) is 29.2 Å². The highest BCUT2D eigenvalue weighted by Crippen LogP contribution is 2.10. The molecule has 0 spiro atoms. The minimum absolute atomic E-state index is 0.0293. The topological polar surface area (TPSA) is 49.7 Å². The van der Waals surface area contributed by atoms with E-state index >= 15 is 0 Å². The van der Waals surface area contributed by atoms with Gasteiger partial charge in [0.05, 0.1) is 13.2 Å². The first kappa shape index (κ1) is 14.6. The largest absolute Gasteiger partial charge is 0.488 e. The molecule has 0 saturated heterocycles. The quantitative estimate of drug-likeness (QED) is 0.812. The van der Waals surface area contributed by atoms with Gasteiger partial charge in [0.25, 0.3) is 0 Å². The van der Waals surface area contributed by atoms with Crippen molar-refractivity contribution in [2.75, 3.05) is 0 Å². The number of hydrogen-bond acceptors (Lipinski definition) is 3. The third-order valence-electron chi connectivity index (χ3n) is 2.86. The minimum Gasteiger partial charge on any atom is -0.423 e. The zero-order valence-corrected chi connectivity index (χ0v) is 10.6. The van der Waals surface area contributed by atoms with Gasteiger partial charge in [-0.1, -0.05) is 24.3 Å². The van der Waals surface area contributed by atoms with Crippen LogP contribution >= 0.6 is 0 Å². The van der Waals surface area contributed by atoms with Gasteiger partial charge in [0, 0.05) is 5.56 Å². The Kier molecular flexibility index (Phi) is 4.84. The van der Waals surface area contributed by atoms with Crippen molar-refractivity contribution in [1.82, 2.24) is 0 Å². The van der Waals surface area contributed by atoms with E-state index in [0.29, 0.717) is 11.1 Å². The normalized spacial score (nSPS) is 10.6. The molecule has 20 heavy (non-hydrogen) atoms. The van der Waals surface area contributed by atoms with Crippen LogP contribution in [-0.2, 0) is 18.0 Å². The molecule has 2 rings (SSSR count). The highest BCUT2D eigenvalue weighted by atomic mass is 19.1. The van der Waals surface area contributed by atoms with E-state index in [-0.39, 0.29) is 24.5 Å². The van der Waals surface area contributed by atoms with Crippen molar-refractivity contribution in [2.24, 2.45) is 0 Å². The molecule has 104 valence electrons. The van der Waals surface area contributed by atoms with E-state index in [9.17, 15) is 8.78 Å². The van der Waals surface area contributed by atoms with Gasteiger partial charge in [0.2, 0.25) is 0 Å². The fourth-order valence-electron chi connectivity index (χ4n) is 1.82. The maximum Gasteiger partial charge on any atom is 0.488 e. The van der Waals surface area contributed by atoms with Crippen molar-refractivity contribution in [3.8, 4) is 0 Å². The summed E-state index contributed by atoms with van der Waals surface area (Å²) in [7, 11) is -1.78. The fourth-order valence-corrected chi connectivity index (χ4v) is 1.82. The Hall–Kier alpha value is -1.76. The maximum atomic E-state index is 13.4. The zero-order chi connectivity index (χ0) is 14.5. The van der Waals surface area contributed by atoms with Gasteiger partial charge in [-0.3, -0.25) is 0 Å². The molecule has 6 heteroatoms. The Balaban J connectivity index is 2.03. The summed E-state index contributed by atoms with van der Waals surface area (Å²) in [6.07, 6.45) is 0. The number of hydrogen-bond donors (Lipinski definition) is 2. The van der Waals surface area contributed by atoms with Crippen LogP contribution in [0, 0.1) is 11.6 Å². The van der Waals surface area contributed by atoms with Crippen molar-refractivity contribution in [3.63, 3.8) is 0 Å². The highest BCUT2D eigenvalue weighted by molar-refractivity contribution is 6.59. The lowest BCUT2D eigenvalue weighted by Gasteiger charge is -2.10. The van der Waals surface area contributed by atoms with E-state index in [2.05, 4.69) is 0 Å². The standard InChI is InChI=1S/C14H13BF2O3/c16-12-6-5-10(13(7-12)15(18)19)8-20-9-11-3-1-2-4-14(11)17/h1-7,18-19H,8-9H2. The van der Waals surface area contributed by atoms with Crippen LogP contribution in [0.25, 0.3) is 0 Å². The summed E-state index contributed by atoms with van der Waals surface area (Å²) in [6.45, 7) is 0.0760. The molecule has 0 amide bonds. The van der Waals surface area contributed by atoms with Crippen molar-refractivity contribution in [3.05, 3.63) is 65.2 Å². The molecule has 0 heterocycles. The predicted octanol–water partition coefficient (Wildman–Crippen LogP) is 1.36. The van der Waals surface area contributed by atoms with E-state index in [1.807, 2.05) is 0 Å². The SMILES string of the molecule is OB(O)c1cc(F)ccc1COCc1ccccc1F. The van der Waals surface area contributed by atoms with Gasteiger partial charge in [0.1, 0.15) is 11.6 Å². The summed E-state index contributed by atoms with van der Waals surface area (Å²) in [4.78, 5) is 0. The van der Waals surface area contributed by atoms with Gasteiger partial charge < -0.3 is 14.8 Å². The lowest BCUT2D eigenvalue weighted by atomic mass is 9.77. The van der Waals surface area contributed by atoms with Crippen LogP contribution < -0.4 is 5.46 Å². The molecule has 2 aromatic rings. The highest BCUT2D eigenvalue weighted by Gasteiger charge is 2.17. The molecule has 3 nitrogen and oxygen atoms in total. The van der Waals surface area contributed by atoms with E-state index in [1.165, 1.54) is 18.2 Å². The Morgan fingerprint density at radius 1 is 0.950 bits per heavy atom. The molecule has 0 aliphatic carbocycles. The second-order valence-electron chi connectivity index (χ2n) is 4.30. The summed E-state index contributed by atoms with van der Waals surface area (Å²) in [5.41, 5.74) is 0.886. The van der Waals surface area contributed by atoms with Crippen LogP contribution in [0.3, 0.4) is 0 Å². The van der Waals surface area contributed by atoms with Crippen LogP contribution in [0.1, 0.15) is 11.1 Å². The smallest absolute Gasteiger partial charge is 0.423 e. The number of ether oxygens (including phenoxy) is 1. The van der Waals surface area contributed by atoms with Crippen molar-refractivity contribution >= 4 is 12.6 Å². The summed E-state index contributed by atoms with van der Waals surface area (Å²) in [6, 6.07) is 9.86. The number of halogens is 2. The average Bonchev–Trinajstić information content (AvgIpc) is 2.42. The van der Waals surface area contributed by atoms with E-state index in [4.69, 9.17) is 14.8 Å². The molecule has 2 N–H and O–H groups in total. The van der Waals surface area contributed by atoms with Crippen LogP contribution in [0.15, 0.2) is 42.5 Å². The molecular formula is C14H13BF2O3. The molecule has 0 saturated carbocycles. The van der Waals surface area contributed by atoms with Gasteiger partial charge in [0.15, 0.2) is 0 Å². The first-order valence-electron chi connectivity index (χ1n) is 6.03. The third kappa shape index (κ3) is 3.63. The second kappa shape index (κ2) is 6.61. The summed E-state index contributed by atoms with van der Waals surface area (Å²) < 4.78 is 31.7. The second-order valence-corrected chi connectivity index (χ2v) is 4.30. The molecule has 0 fully saturated rings. The lowest BCUT2D eigenvalue weighted by Crippen LogP contribution is -2.33. The molecule has 0 radical (unpaired) electrons. The molecule has 0 aromatic heterocycles. The number of benzene rings is 2. The van der Waals surface area contributed by atoms with Gasteiger partial charge in [-0.2, -0.15) is 0 Å². The monoisotopic (exact) mass is 278 g/mol. The molecule has 0 bridgehead atoms. The van der Waals surface area contributed by atoms with Crippen molar-refractivity contribution in [2.45, 2.75) is 13.2 Å². The fraction of sp³-hybridized carbons (Fsp3) is 0.143. The Morgan fingerprint density at radius 2 is 1.65 bits per heavy atom. The van der Waals surface area contributed by atoms with Crippen LogP contribution in [-0.4, -0.2) is 17.2 Å². The Morgan fingerprint density at radius 3 is 2.35 bits per heavy atom. The first-order chi connectivity index (χ1) is 9.58. The zero-order valence-electron chi connectivity index (χ0n) is 10.6. The van der Waals surface area contributed by atoms with E-state index in [1.54, 1.807) is 18.2 Å². The third-order valence-corrected chi connectivity index (χ3v) is 2.86. The predicted molar refractivity (Wildman–Crippen MR) is 71.1 cm³/mol. The molecule has 0 atom stereocenters.